The molecule has 136 valence electrons. The SMILES string of the molecule is C[C@@H]1O[C@@H](OC[C@H]2O[C@@H](O)[C@H](O)[C@@H](O)[C@@H]2O)[C@H](O)[C@H](O)[C@H]1O.[O]. The average molecular weight is 342 g/mol. The van der Waals surface area contributed by atoms with E-state index in [2.05, 4.69) is 0 Å². The van der Waals surface area contributed by atoms with Gasteiger partial charge >= 0.3 is 0 Å². The third-order valence-corrected chi connectivity index (χ3v) is 3.92. The highest BCUT2D eigenvalue weighted by molar-refractivity contribution is 4.90. The molecular weight excluding hydrogens is 320 g/mol. The van der Waals surface area contributed by atoms with Gasteiger partial charge in [0, 0.05) is 5.48 Å². The summed E-state index contributed by atoms with van der Waals surface area (Å²) in [4.78, 5) is 0. The van der Waals surface area contributed by atoms with Gasteiger partial charge in [-0.1, -0.05) is 0 Å². The molecule has 2 rings (SSSR count). The summed E-state index contributed by atoms with van der Waals surface area (Å²) < 4.78 is 15.3. The van der Waals surface area contributed by atoms with Crippen LogP contribution in [0.3, 0.4) is 0 Å². The largest absolute Gasteiger partial charge is 0.388 e. The first-order valence-corrected chi connectivity index (χ1v) is 6.93. The van der Waals surface area contributed by atoms with E-state index in [4.69, 9.17) is 14.2 Å². The van der Waals surface area contributed by atoms with Crippen molar-refractivity contribution in [1.82, 2.24) is 0 Å². The van der Waals surface area contributed by atoms with Crippen LogP contribution < -0.4 is 0 Å². The van der Waals surface area contributed by atoms with Gasteiger partial charge in [0.15, 0.2) is 12.6 Å². The molecule has 11 heteroatoms. The summed E-state index contributed by atoms with van der Waals surface area (Å²) in [7, 11) is 0. The second kappa shape index (κ2) is 8.09. The molecule has 0 unspecified atom stereocenters. The summed E-state index contributed by atoms with van der Waals surface area (Å²) in [6.45, 7) is 1.09. The van der Waals surface area contributed by atoms with Crippen molar-refractivity contribution < 1.29 is 55.4 Å². The minimum atomic E-state index is -1.70. The van der Waals surface area contributed by atoms with Gasteiger partial charge in [0.2, 0.25) is 0 Å². The standard InChI is InChI=1S/C12H22O10.O/c1-3-5(13)7(15)10(18)12(21-3)20-2-4-6(14)8(16)9(17)11(19)22-4;/h3-19H,2H2,1H3;/t3-,4+,5-,6+,7+,8-,9+,10+,11+,12+;/m0./s1. The highest BCUT2D eigenvalue weighted by atomic mass is 16.7. The lowest BCUT2D eigenvalue weighted by Gasteiger charge is -2.41. The molecule has 0 saturated carbocycles. The number of aliphatic hydroxyl groups excluding tert-OH is 7. The van der Waals surface area contributed by atoms with Gasteiger partial charge in [-0.05, 0) is 6.92 Å². The number of rotatable bonds is 3. The zero-order valence-electron chi connectivity index (χ0n) is 12.2. The van der Waals surface area contributed by atoms with Gasteiger partial charge in [0.05, 0.1) is 12.7 Å². The van der Waals surface area contributed by atoms with E-state index in [0.717, 1.165) is 0 Å². The van der Waals surface area contributed by atoms with Crippen LogP contribution in [0.15, 0.2) is 0 Å². The van der Waals surface area contributed by atoms with E-state index in [1.54, 1.807) is 0 Å². The Balaban J connectivity index is 0.00000264. The fraction of sp³-hybridized carbons (Fsp3) is 1.00. The van der Waals surface area contributed by atoms with Gasteiger partial charge in [-0.15, -0.1) is 0 Å². The third-order valence-electron chi connectivity index (χ3n) is 3.92. The number of hydrogen-bond acceptors (Lipinski definition) is 10. The van der Waals surface area contributed by atoms with E-state index in [-0.39, 0.29) is 12.1 Å². The second-order valence-corrected chi connectivity index (χ2v) is 5.55. The Kier molecular flexibility index (Phi) is 7.25. The summed E-state index contributed by atoms with van der Waals surface area (Å²) in [5.74, 6) is 0. The Labute approximate surface area is 131 Å². The van der Waals surface area contributed by atoms with Crippen LogP contribution in [0, 0.1) is 0 Å². The topological polar surface area (TPSA) is 198 Å². The maximum atomic E-state index is 9.76. The average Bonchev–Trinajstić information content (AvgIpc) is 2.49. The Morgan fingerprint density at radius 3 is 1.91 bits per heavy atom. The van der Waals surface area contributed by atoms with E-state index < -0.39 is 61.4 Å². The molecule has 0 aromatic heterocycles. The summed E-state index contributed by atoms with van der Waals surface area (Å²) in [6.07, 6.45) is -14.0. The third kappa shape index (κ3) is 4.15. The summed E-state index contributed by atoms with van der Waals surface area (Å²) in [5.41, 5.74) is 0. The minimum Gasteiger partial charge on any atom is -0.388 e. The molecule has 2 radical (unpaired) electrons. The van der Waals surface area contributed by atoms with Crippen molar-refractivity contribution in [2.45, 2.75) is 68.3 Å². The van der Waals surface area contributed by atoms with E-state index in [1.165, 1.54) is 6.92 Å². The van der Waals surface area contributed by atoms with Crippen molar-refractivity contribution in [3.63, 3.8) is 0 Å². The maximum Gasteiger partial charge on any atom is 0.186 e. The molecule has 0 bridgehead atoms. The molecule has 7 N–H and O–H groups in total. The lowest BCUT2D eigenvalue weighted by Crippen LogP contribution is -2.60. The van der Waals surface area contributed by atoms with Gasteiger partial charge in [0.1, 0.15) is 42.7 Å². The van der Waals surface area contributed by atoms with Crippen LogP contribution >= 0.6 is 0 Å². The molecule has 0 amide bonds. The highest BCUT2D eigenvalue weighted by Gasteiger charge is 2.45. The summed E-state index contributed by atoms with van der Waals surface area (Å²) in [6, 6.07) is 0. The molecule has 2 aliphatic rings. The molecule has 2 heterocycles. The van der Waals surface area contributed by atoms with Gasteiger partial charge in [-0.25, -0.2) is 0 Å². The molecule has 11 nitrogen and oxygen atoms in total. The van der Waals surface area contributed by atoms with Crippen molar-refractivity contribution in [3.8, 4) is 0 Å². The Morgan fingerprint density at radius 2 is 1.30 bits per heavy atom. The number of ether oxygens (including phenoxy) is 3. The van der Waals surface area contributed by atoms with Crippen LogP contribution in [0.4, 0.5) is 0 Å². The molecule has 0 spiro atoms. The number of aliphatic hydroxyl groups is 7. The smallest absolute Gasteiger partial charge is 0.186 e. The van der Waals surface area contributed by atoms with Gasteiger partial charge in [-0.3, -0.25) is 0 Å². The van der Waals surface area contributed by atoms with Crippen LogP contribution in [0.25, 0.3) is 0 Å². The Hall–Kier alpha value is -0.440. The molecule has 2 saturated heterocycles. The van der Waals surface area contributed by atoms with E-state index >= 15 is 0 Å². The molecule has 2 aliphatic heterocycles. The van der Waals surface area contributed by atoms with Crippen LogP contribution in [0.1, 0.15) is 6.92 Å². The van der Waals surface area contributed by atoms with Crippen molar-refractivity contribution in [2.24, 2.45) is 0 Å². The van der Waals surface area contributed by atoms with E-state index in [1.807, 2.05) is 0 Å². The van der Waals surface area contributed by atoms with E-state index in [9.17, 15) is 35.7 Å². The van der Waals surface area contributed by atoms with Gasteiger partial charge in [-0.2, -0.15) is 0 Å². The molecule has 0 aromatic rings. The zero-order valence-corrected chi connectivity index (χ0v) is 12.2. The summed E-state index contributed by atoms with van der Waals surface area (Å²) >= 11 is 0. The Bertz CT molecular complexity index is 335. The van der Waals surface area contributed by atoms with Crippen molar-refractivity contribution in [2.75, 3.05) is 6.61 Å². The first-order valence-electron chi connectivity index (χ1n) is 6.93. The van der Waals surface area contributed by atoms with Crippen molar-refractivity contribution in [3.05, 3.63) is 0 Å². The minimum absolute atomic E-state index is 0. The van der Waals surface area contributed by atoms with Gasteiger partial charge < -0.3 is 50.0 Å². The molecule has 0 aliphatic carbocycles. The Morgan fingerprint density at radius 1 is 0.739 bits per heavy atom. The first kappa shape index (κ1) is 20.6. The maximum absolute atomic E-state index is 9.76. The fourth-order valence-corrected chi connectivity index (χ4v) is 2.41. The lowest BCUT2D eigenvalue weighted by atomic mass is 9.99. The monoisotopic (exact) mass is 342 g/mol. The molecule has 2 fully saturated rings. The highest BCUT2D eigenvalue weighted by Crippen LogP contribution is 2.24. The van der Waals surface area contributed by atoms with Crippen LogP contribution in [0.5, 0.6) is 0 Å². The fourth-order valence-electron chi connectivity index (χ4n) is 2.41. The molecular formula is C12H22O11. The van der Waals surface area contributed by atoms with Crippen LogP contribution in [-0.4, -0.2) is 104 Å². The summed E-state index contributed by atoms with van der Waals surface area (Å²) in [5, 5.41) is 67.0. The molecule has 23 heavy (non-hydrogen) atoms. The second-order valence-electron chi connectivity index (χ2n) is 5.55. The quantitative estimate of drug-likeness (QED) is 0.262. The van der Waals surface area contributed by atoms with E-state index in [0.29, 0.717) is 0 Å². The predicted octanol–water partition coefficient (Wildman–Crippen LogP) is -4.49. The lowest BCUT2D eigenvalue weighted by molar-refractivity contribution is -0.322. The van der Waals surface area contributed by atoms with Crippen LogP contribution in [-0.2, 0) is 19.7 Å². The van der Waals surface area contributed by atoms with Crippen molar-refractivity contribution >= 4 is 0 Å². The number of hydrogen-bond donors (Lipinski definition) is 7. The normalized spacial score (nSPS) is 51.1. The molecule has 0 aromatic carbocycles. The van der Waals surface area contributed by atoms with Gasteiger partial charge in [0.25, 0.3) is 0 Å². The molecule has 10 atom stereocenters. The van der Waals surface area contributed by atoms with Crippen molar-refractivity contribution in [1.29, 1.82) is 0 Å². The first-order chi connectivity index (χ1) is 10.2. The van der Waals surface area contributed by atoms with Crippen LogP contribution in [0.2, 0.25) is 0 Å². The zero-order chi connectivity index (χ0) is 16.6. The predicted molar refractivity (Wildman–Crippen MR) is 67.9 cm³/mol.